The van der Waals surface area contributed by atoms with E-state index >= 15 is 0 Å². The highest BCUT2D eigenvalue weighted by Gasteiger charge is 2.24. The van der Waals surface area contributed by atoms with Gasteiger partial charge in [0.2, 0.25) is 0 Å². The first kappa shape index (κ1) is 18.6. The van der Waals surface area contributed by atoms with Crippen molar-refractivity contribution in [3.63, 3.8) is 0 Å². The van der Waals surface area contributed by atoms with Crippen molar-refractivity contribution in [3.05, 3.63) is 72.0 Å². The second kappa shape index (κ2) is 8.48. The summed E-state index contributed by atoms with van der Waals surface area (Å²) in [5.74, 6) is 0.760. The number of urea groups is 1. The summed E-state index contributed by atoms with van der Waals surface area (Å²) in [4.78, 5) is 15.0. The number of para-hydroxylation sites is 1. The minimum absolute atomic E-state index is 0.173. The minimum atomic E-state index is -0.200. The van der Waals surface area contributed by atoms with E-state index in [4.69, 9.17) is 4.42 Å². The molecule has 2 atom stereocenters. The molecule has 5 heteroatoms. The number of rotatable bonds is 6. The summed E-state index contributed by atoms with van der Waals surface area (Å²) in [6.07, 6.45) is 2.44. The third-order valence-electron chi connectivity index (χ3n) is 5.44. The van der Waals surface area contributed by atoms with E-state index in [1.54, 1.807) is 0 Å². The molecule has 28 heavy (non-hydrogen) atoms. The van der Waals surface area contributed by atoms with Gasteiger partial charge in [-0.3, -0.25) is 4.90 Å². The van der Waals surface area contributed by atoms with E-state index in [0.717, 1.165) is 29.8 Å². The lowest BCUT2D eigenvalue weighted by atomic mass is 10.1. The Morgan fingerprint density at radius 3 is 2.54 bits per heavy atom. The quantitative estimate of drug-likeness (QED) is 0.658. The number of benzene rings is 2. The molecule has 0 saturated carbocycles. The fourth-order valence-corrected chi connectivity index (χ4v) is 3.91. The molecule has 2 aromatic carbocycles. The maximum absolute atomic E-state index is 12.5. The van der Waals surface area contributed by atoms with Gasteiger partial charge in [-0.15, -0.1) is 0 Å². The van der Waals surface area contributed by atoms with Gasteiger partial charge >= 0.3 is 6.03 Å². The molecule has 1 aromatic heterocycles. The van der Waals surface area contributed by atoms with Crippen molar-refractivity contribution in [2.45, 2.75) is 31.8 Å². The van der Waals surface area contributed by atoms with Gasteiger partial charge in [-0.2, -0.15) is 0 Å². The van der Waals surface area contributed by atoms with Crippen LogP contribution in [0.25, 0.3) is 11.0 Å². The molecule has 2 unspecified atom stereocenters. The molecule has 146 valence electrons. The molecule has 0 radical (unpaired) electrons. The fourth-order valence-electron chi connectivity index (χ4n) is 3.91. The number of amides is 2. The average molecular weight is 377 g/mol. The molecule has 1 fully saturated rings. The second-order valence-electron chi connectivity index (χ2n) is 7.43. The SMILES string of the molecule is CC(NC(=O)NCC(c1ccccc1)N1CCCC1)c1cc2ccccc2o1. The Balaban J connectivity index is 1.37. The van der Waals surface area contributed by atoms with Crippen LogP contribution in [-0.2, 0) is 0 Å². The normalized spacial score (nSPS) is 16.8. The lowest BCUT2D eigenvalue weighted by Crippen LogP contribution is -2.42. The van der Waals surface area contributed by atoms with Crippen LogP contribution in [0.3, 0.4) is 0 Å². The summed E-state index contributed by atoms with van der Waals surface area (Å²) in [5, 5.41) is 7.10. The van der Waals surface area contributed by atoms with Gasteiger partial charge in [-0.05, 0) is 50.6 Å². The van der Waals surface area contributed by atoms with Gasteiger partial charge < -0.3 is 15.1 Å². The van der Waals surface area contributed by atoms with Crippen LogP contribution in [0.4, 0.5) is 4.79 Å². The van der Waals surface area contributed by atoms with Gasteiger partial charge in [0.1, 0.15) is 11.3 Å². The van der Waals surface area contributed by atoms with Crippen LogP contribution in [0.1, 0.15) is 43.2 Å². The number of nitrogens with zero attached hydrogens (tertiary/aromatic N) is 1. The molecule has 0 spiro atoms. The molecule has 2 N–H and O–H groups in total. The van der Waals surface area contributed by atoms with E-state index in [1.807, 2.05) is 43.3 Å². The van der Waals surface area contributed by atoms with Crippen LogP contribution in [0.15, 0.2) is 65.1 Å². The number of carbonyl (C=O) groups excluding carboxylic acids is 1. The van der Waals surface area contributed by atoms with E-state index in [2.05, 4.69) is 39.8 Å². The zero-order valence-corrected chi connectivity index (χ0v) is 16.2. The number of carbonyl (C=O) groups is 1. The molecular weight excluding hydrogens is 350 g/mol. The summed E-state index contributed by atoms with van der Waals surface area (Å²) >= 11 is 0. The number of hydrogen-bond donors (Lipinski definition) is 2. The number of likely N-dealkylation sites (tertiary alicyclic amines) is 1. The fraction of sp³-hybridized carbons (Fsp3) is 0.348. The standard InChI is InChI=1S/C23H27N3O2/c1-17(22-15-19-11-5-6-12-21(19)28-22)25-23(27)24-16-20(26-13-7-8-14-26)18-9-3-2-4-10-18/h2-6,9-12,15,17,20H,7-8,13-14,16H2,1H3,(H2,24,25,27). The first-order valence-electron chi connectivity index (χ1n) is 10.0. The van der Waals surface area contributed by atoms with E-state index in [-0.39, 0.29) is 18.1 Å². The van der Waals surface area contributed by atoms with Crippen molar-refractivity contribution in [1.29, 1.82) is 0 Å². The van der Waals surface area contributed by atoms with Crippen LogP contribution in [0, 0.1) is 0 Å². The summed E-state index contributed by atoms with van der Waals surface area (Å²) < 4.78 is 5.86. The zero-order valence-electron chi connectivity index (χ0n) is 16.2. The highest BCUT2D eigenvalue weighted by Crippen LogP contribution is 2.25. The topological polar surface area (TPSA) is 57.5 Å². The summed E-state index contributed by atoms with van der Waals surface area (Å²) in [5.41, 5.74) is 2.08. The third kappa shape index (κ3) is 4.20. The molecule has 0 bridgehead atoms. The summed E-state index contributed by atoms with van der Waals surface area (Å²) in [7, 11) is 0. The van der Waals surface area contributed by atoms with Crippen LogP contribution < -0.4 is 10.6 Å². The van der Waals surface area contributed by atoms with Gasteiger partial charge in [0.25, 0.3) is 0 Å². The van der Waals surface area contributed by atoms with E-state index in [9.17, 15) is 4.79 Å². The molecular formula is C23H27N3O2. The summed E-state index contributed by atoms with van der Waals surface area (Å²) in [6, 6.07) is 20.1. The number of hydrogen-bond acceptors (Lipinski definition) is 3. The maximum atomic E-state index is 12.5. The van der Waals surface area contributed by atoms with Gasteiger partial charge in [0.05, 0.1) is 12.1 Å². The highest BCUT2D eigenvalue weighted by molar-refractivity contribution is 5.78. The van der Waals surface area contributed by atoms with E-state index in [1.165, 1.54) is 18.4 Å². The number of fused-ring (bicyclic) bond motifs is 1. The molecule has 2 amide bonds. The van der Waals surface area contributed by atoms with Gasteiger partial charge in [0, 0.05) is 11.9 Å². The lowest BCUT2D eigenvalue weighted by Gasteiger charge is -2.28. The first-order chi connectivity index (χ1) is 13.7. The zero-order chi connectivity index (χ0) is 19.3. The Bertz CT molecular complexity index is 883. The van der Waals surface area contributed by atoms with Crippen molar-refractivity contribution in [2.75, 3.05) is 19.6 Å². The Kier molecular flexibility index (Phi) is 5.63. The average Bonchev–Trinajstić information content (AvgIpc) is 3.39. The van der Waals surface area contributed by atoms with Crippen LogP contribution in [-0.4, -0.2) is 30.6 Å². The monoisotopic (exact) mass is 377 g/mol. The van der Waals surface area contributed by atoms with E-state index in [0.29, 0.717) is 6.54 Å². The Labute approximate surface area is 165 Å². The first-order valence-corrected chi connectivity index (χ1v) is 10.0. The van der Waals surface area contributed by atoms with Gasteiger partial charge in [0.15, 0.2) is 0 Å². The van der Waals surface area contributed by atoms with Gasteiger partial charge in [-0.1, -0.05) is 48.5 Å². The lowest BCUT2D eigenvalue weighted by molar-refractivity contribution is 0.218. The molecule has 0 aliphatic carbocycles. The maximum Gasteiger partial charge on any atom is 0.315 e. The van der Waals surface area contributed by atoms with Crippen molar-refractivity contribution in [2.24, 2.45) is 0 Å². The molecule has 2 heterocycles. The largest absolute Gasteiger partial charge is 0.459 e. The van der Waals surface area contributed by atoms with Crippen LogP contribution in [0.2, 0.25) is 0 Å². The van der Waals surface area contributed by atoms with Crippen LogP contribution >= 0.6 is 0 Å². The third-order valence-corrected chi connectivity index (χ3v) is 5.44. The minimum Gasteiger partial charge on any atom is -0.459 e. The molecule has 1 aliphatic heterocycles. The predicted molar refractivity (Wildman–Crippen MR) is 111 cm³/mol. The Morgan fingerprint density at radius 1 is 1.07 bits per heavy atom. The Hall–Kier alpha value is -2.79. The predicted octanol–water partition coefficient (Wildman–Crippen LogP) is 4.63. The molecule has 4 rings (SSSR count). The highest BCUT2D eigenvalue weighted by atomic mass is 16.3. The van der Waals surface area contributed by atoms with Crippen molar-refractivity contribution in [3.8, 4) is 0 Å². The van der Waals surface area contributed by atoms with Crippen LogP contribution in [0.5, 0.6) is 0 Å². The molecule has 1 saturated heterocycles. The van der Waals surface area contributed by atoms with Crippen molar-refractivity contribution >= 4 is 17.0 Å². The van der Waals surface area contributed by atoms with Gasteiger partial charge in [-0.25, -0.2) is 4.79 Å². The molecule has 1 aliphatic rings. The number of furan rings is 1. The molecule has 5 nitrogen and oxygen atoms in total. The smallest absolute Gasteiger partial charge is 0.315 e. The summed E-state index contributed by atoms with van der Waals surface area (Å²) in [6.45, 7) is 4.69. The second-order valence-corrected chi connectivity index (χ2v) is 7.43. The molecule has 3 aromatic rings. The van der Waals surface area contributed by atoms with Crippen molar-refractivity contribution in [1.82, 2.24) is 15.5 Å². The Morgan fingerprint density at radius 2 is 1.79 bits per heavy atom. The van der Waals surface area contributed by atoms with E-state index < -0.39 is 0 Å². The number of nitrogens with one attached hydrogen (secondary N) is 2. The van der Waals surface area contributed by atoms with Crippen molar-refractivity contribution < 1.29 is 9.21 Å².